The molecule has 5 nitrogen and oxygen atoms in total. The van der Waals surface area contributed by atoms with Crippen LogP contribution in [0, 0.1) is 0 Å². The third kappa shape index (κ3) is 4.45. The first-order chi connectivity index (χ1) is 11.0. The molecule has 0 aliphatic heterocycles. The van der Waals surface area contributed by atoms with Crippen LogP contribution in [0.5, 0.6) is 0 Å². The summed E-state index contributed by atoms with van der Waals surface area (Å²) in [6.45, 7) is 7.72. The van der Waals surface area contributed by atoms with Gasteiger partial charge in [0.1, 0.15) is 6.29 Å². The van der Waals surface area contributed by atoms with Crippen molar-refractivity contribution in [3.8, 4) is 0 Å². The number of nitrogens with one attached hydrogen (secondary N) is 2. The summed E-state index contributed by atoms with van der Waals surface area (Å²) < 4.78 is 0. The molecule has 0 spiro atoms. The Kier molecular flexibility index (Phi) is 7.06. The summed E-state index contributed by atoms with van der Waals surface area (Å²) in [5.41, 5.74) is 2.95. The molecular weight excluding hydrogens is 290 g/mol. The van der Waals surface area contributed by atoms with Gasteiger partial charge in [-0.1, -0.05) is 19.2 Å². The van der Waals surface area contributed by atoms with Gasteiger partial charge in [-0.2, -0.15) is 0 Å². The van der Waals surface area contributed by atoms with Crippen molar-refractivity contribution in [2.45, 2.75) is 18.9 Å². The molecule has 5 heteroatoms. The number of carbonyl (C=O) groups is 2. The summed E-state index contributed by atoms with van der Waals surface area (Å²) in [7, 11) is 5.30. The van der Waals surface area contributed by atoms with Crippen molar-refractivity contribution < 1.29 is 9.59 Å². The lowest BCUT2D eigenvalue weighted by Gasteiger charge is -2.30. The molecule has 0 bridgehead atoms. The Morgan fingerprint density at radius 2 is 2.09 bits per heavy atom. The molecule has 23 heavy (non-hydrogen) atoms. The van der Waals surface area contributed by atoms with E-state index in [1.165, 1.54) is 0 Å². The quantitative estimate of drug-likeness (QED) is 0.688. The molecule has 0 heterocycles. The molecule has 1 unspecified atom stereocenters. The SMILES string of the molecule is C=Cc1cc(NC)ccc1C(=O)N(C)C(CCC=O)C(=C)NC. The van der Waals surface area contributed by atoms with E-state index in [9.17, 15) is 9.59 Å². The molecule has 0 fully saturated rings. The second-order valence-electron chi connectivity index (χ2n) is 5.21. The molecule has 1 amide bonds. The standard InChI is InChI=1S/C18H25N3O2/c1-6-14-12-15(20-4)9-10-16(14)18(23)21(5)17(8-7-11-22)13(2)19-3/h6,9-12,17,19-20H,1-2,7-8H2,3-5H3. The molecule has 1 rings (SSSR count). The third-order valence-corrected chi connectivity index (χ3v) is 3.86. The summed E-state index contributed by atoms with van der Waals surface area (Å²) >= 11 is 0. The molecule has 1 aromatic rings. The van der Waals surface area contributed by atoms with E-state index in [-0.39, 0.29) is 11.9 Å². The van der Waals surface area contributed by atoms with Crippen molar-refractivity contribution in [3.63, 3.8) is 0 Å². The van der Waals surface area contributed by atoms with Crippen LogP contribution in [-0.4, -0.2) is 44.3 Å². The Morgan fingerprint density at radius 3 is 2.61 bits per heavy atom. The van der Waals surface area contributed by atoms with Gasteiger partial charge in [-0.3, -0.25) is 4.79 Å². The van der Waals surface area contributed by atoms with E-state index in [1.54, 1.807) is 31.1 Å². The third-order valence-electron chi connectivity index (χ3n) is 3.86. The maximum Gasteiger partial charge on any atom is 0.254 e. The molecule has 2 N–H and O–H groups in total. The Hall–Kier alpha value is -2.56. The topological polar surface area (TPSA) is 61.4 Å². The number of likely N-dealkylation sites (N-methyl/N-ethyl adjacent to an activating group) is 2. The maximum atomic E-state index is 12.8. The van der Waals surface area contributed by atoms with Gasteiger partial charge in [0.15, 0.2) is 0 Å². The van der Waals surface area contributed by atoms with Crippen LogP contribution in [0.1, 0.15) is 28.8 Å². The van der Waals surface area contributed by atoms with Crippen LogP contribution in [0.25, 0.3) is 6.08 Å². The number of nitrogens with zero attached hydrogens (tertiary/aromatic N) is 1. The smallest absolute Gasteiger partial charge is 0.254 e. The number of benzene rings is 1. The van der Waals surface area contributed by atoms with Gasteiger partial charge < -0.3 is 20.3 Å². The lowest BCUT2D eigenvalue weighted by molar-refractivity contribution is -0.108. The highest BCUT2D eigenvalue weighted by molar-refractivity contribution is 5.98. The lowest BCUT2D eigenvalue weighted by atomic mass is 10.0. The van der Waals surface area contributed by atoms with Crippen molar-refractivity contribution in [1.82, 2.24) is 10.2 Å². The first kappa shape index (κ1) is 18.5. The predicted octanol–water partition coefficient (Wildman–Crippen LogP) is 2.52. The zero-order valence-electron chi connectivity index (χ0n) is 14.1. The summed E-state index contributed by atoms with van der Waals surface area (Å²) in [5.74, 6) is -0.130. The summed E-state index contributed by atoms with van der Waals surface area (Å²) in [6.07, 6.45) is 3.42. The van der Waals surface area contributed by atoms with E-state index < -0.39 is 0 Å². The van der Waals surface area contributed by atoms with Crippen LogP contribution in [0.4, 0.5) is 5.69 Å². The van der Waals surface area contributed by atoms with E-state index >= 15 is 0 Å². The number of amides is 1. The maximum absolute atomic E-state index is 12.8. The fourth-order valence-corrected chi connectivity index (χ4v) is 2.41. The Labute approximate surface area is 138 Å². The van der Waals surface area contributed by atoms with Gasteiger partial charge >= 0.3 is 0 Å². The number of rotatable bonds is 9. The highest BCUT2D eigenvalue weighted by Gasteiger charge is 2.24. The summed E-state index contributed by atoms with van der Waals surface area (Å²) in [6, 6.07) is 5.25. The summed E-state index contributed by atoms with van der Waals surface area (Å²) in [5, 5.41) is 6.01. The molecule has 124 valence electrons. The Bertz CT molecular complexity index is 596. The number of aldehydes is 1. The Morgan fingerprint density at radius 1 is 1.39 bits per heavy atom. The van der Waals surface area contributed by atoms with Gasteiger partial charge in [0.25, 0.3) is 5.91 Å². The molecule has 0 radical (unpaired) electrons. The zero-order chi connectivity index (χ0) is 17.4. The first-order valence-electron chi connectivity index (χ1n) is 7.51. The fraction of sp³-hybridized carbons (Fsp3) is 0.333. The normalized spacial score (nSPS) is 11.3. The highest BCUT2D eigenvalue weighted by atomic mass is 16.2. The van der Waals surface area contributed by atoms with Crippen LogP contribution < -0.4 is 10.6 Å². The van der Waals surface area contributed by atoms with E-state index in [1.807, 2.05) is 19.2 Å². The van der Waals surface area contributed by atoms with Gasteiger partial charge in [-0.05, 0) is 30.2 Å². The first-order valence-corrected chi connectivity index (χ1v) is 7.51. The predicted molar refractivity (Wildman–Crippen MR) is 95.5 cm³/mol. The number of carbonyl (C=O) groups excluding carboxylic acids is 2. The second-order valence-corrected chi connectivity index (χ2v) is 5.21. The minimum atomic E-state index is -0.251. The second kappa shape index (κ2) is 8.78. The minimum absolute atomic E-state index is 0.130. The molecule has 0 aliphatic carbocycles. The highest BCUT2D eigenvalue weighted by Crippen LogP contribution is 2.21. The molecule has 1 atom stereocenters. The summed E-state index contributed by atoms with van der Waals surface area (Å²) in [4.78, 5) is 25.1. The van der Waals surface area contributed by atoms with Crippen molar-refractivity contribution in [1.29, 1.82) is 0 Å². The lowest BCUT2D eigenvalue weighted by Crippen LogP contribution is -2.41. The average Bonchev–Trinajstić information content (AvgIpc) is 2.60. The van der Waals surface area contributed by atoms with Crippen molar-refractivity contribution in [2.24, 2.45) is 0 Å². The largest absolute Gasteiger partial charge is 0.390 e. The monoisotopic (exact) mass is 315 g/mol. The van der Waals surface area contributed by atoms with Crippen LogP contribution in [0.3, 0.4) is 0 Å². The van der Waals surface area contributed by atoms with Gasteiger partial charge in [0.2, 0.25) is 0 Å². The average molecular weight is 315 g/mol. The number of hydrogen-bond donors (Lipinski definition) is 2. The van der Waals surface area contributed by atoms with Crippen molar-refractivity contribution in [2.75, 3.05) is 26.5 Å². The zero-order valence-corrected chi connectivity index (χ0v) is 14.1. The molecule has 0 saturated carbocycles. The molecular formula is C18H25N3O2. The minimum Gasteiger partial charge on any atom is -0.390 e. The van der Waals surface area contributed by atoms with Crippen molar-refractivity contribution in [3.05, 3.63) is 48.2 Å². The molecule has 1 aromatic carbocycles. The number of anilines is 1. The van der Waals surface area contributed by atoms with Gasteiger partial charge in [0.05, 0.1) is 6.04 Å². The van der Waals surface area contributed by atoms with E-state index in [4.69, 9.17) is 0 Å². The molecule has 0 aliphatic rings. The van der Waals surface area contributed by atoms with E-state index in [0.717, 1.165) is 17.5 Å². The molecule has 0 saturated heterocycles. The van der Waals surface area contributed by atoms with Gasteiger partial charge in [-0.15, -0.1) is 0 Å². The van der Waals surface area contributed by atoms with Crippen molar-refractivity contribution >= 4 is 24.0 Å². The van der Waals surface area contributed by atoms with Crippen LogP contribution in [0.2, 0.25) is 0 Å². The van der Waals surface area contributed by atoms with E-state index in [0.29, 0.717) is 24.1 Å². The van der Waals surface area contributed by atoms with Crippen LogP contribution >= 0.6 is 0 Å². The van der Waals surface area contributed by atoms with Crippen LogP contribution in [-0.2, 0) is 4.79 Å². The Balaban J connectivity index is 3.12. The number of hydrogen-bond acceptors (Lipinski definition) is 4. The van der Waals surface area contributed by atoms with E-state index in [2.05, 4.69) is 23.8 Å². The van der Waals surface area contributed by atoms with Gasteiger partial charge in [0, 0.05) is 44.5 Å². The fourth-order valence-electron chi connectivity index (χ4n) is 2.41. The van der Waals surface area contributed by atoms with Gasteiger partial charge in [-0.25, -0.2) is 0 Å². The molecule has 0 aromatic heterocycles. The van der Waals surface area contributed by atoms with Crippen LogP contribution in [0.15, 0.2) is 37.1 Å².